The lowest BCUT2D eigenvalue weighted by Crippen LogP contribution is -2.47. The van der Waals surface area contributed by atoms with Crippen molar-refractivity contribution in [1.82, 2.24) is 9.80 Å². The number of piperidine rings is 1. The minimum atomic E-state index is -0.154. The van der Waals surface area contributed by atoms with E-state index in [0.29, 0.717) is 24.0 Å². The summed E-state index contributed by atoms with van der Waals surface area (Å²) in [5.74, 6) is 1.40. The van der Waals surface area contributed by atoms with Gasteiger partial charge in [0.1, 0.15) is 17.3 Å². The van der Waals surface area contributed by atoms with E-state index in [0.717, 1.165) is 63.2 Å². The molecule has 0 radical (unpaired) electrons. The third kappa shape index (κ3) is 5.25. The molecule has 2 saturated heterocycles. The van der Waals surface area contributed by atoms with Gasteiger partial charge in [-0.1, -0.05) is 42.5 Å². The maximum atomic E-state index is 15.7. The summed E-state index contributed by atoms with van der Waals surface area (Å²) in [4.78, 5) is 7.23. The Kier molecular flexibility index (Phi) is 7.26. The molecule has 3 aliphatic heterocycles. The maximum absolute atomic E-state index is 15.7. The highest BCUT2D eigenvalue weighted by molar-refractivity contribution is 5.54. The van der Waals surface area contributed by atoms with E-state index in [4.69, 9.17) is 4.74 Å². The van der Waals surface area contributed by atoms with Gasteiger partial charge >= 0.3 is 0 Å². The Balaban J connectivity index is 1.20. The van der Waals surface area contributed by atoms with Crippen molar-refractivity contribution in [2.75, 3.05) is 64.4 Å². The predicted molar refractivity (Wildman–Crippen MR) is 150 cm³/mol. The molecule has 3 aromatic rings. The number of hydrogen-bond donors (Lipinski definition) is 1. The van der Waals surface area contributed by atoms with Gasteiger partial charge in [0.15, 0.2) is 0 Å². The van der Waals surface area contributed by atoms with Crippen LogP contribution < -0.4 is 9.64 Å². The van der Waals surface area contributed by atoms with Crippen LogP contribution in [-0.4, -0.2) is 74.4 Å². The second-order valence-electron chi connectivity index (χ2n) is 11.3. The molecule has 3 aromatic carbocycles. The Labute approximate surface area is 225 Å². The standard InChI is InChI=1S/C32H38FN3O2/c1-34-15-17-35(18-16-34)21-23-11-13-36(14-12-23)30-10-7-25(19-29(30)33)32-27-9-8-26(37)20-31(27)38-22-28(32)24-5-3-2-4-6-24/h2-10,19-20,23,28,32,37H,11-18,21-22H2,1H3. The minimum Gasteiger partial charge on any atom is -0.508 e. The maximum Gasteiger partial charge on any atom is 0.146 e. The highest BCUT2D eigenvalue weighted by Gasteiger charge is 2.34. The third-order valence-corrected chi connectivity index (χ3v) is 8.78. The van der Waals surface area contributed by atoms with Gasteiger partial charge in [-0.25, -0.2) is 4.39 Å². The summed E-state index contributed by atoms with van der Waals surface area (Å²) >= 11 is 0. The Morgan fingerprint density at radius 3 is 2.37 bits per heavy atom. The number of aromatic hydroxyl groups is 1. The van der Waals surface area contributed by atoms with E-state index in [2.05, 4.69) is 39.9 Å². The van der Waals surface area contributed by atoms with Crippen molar-refractivity contribution >= 4 is 5.69 Å². The number of ether oxygens (including phenoxy) is 1. The van der Waals surface area contributed by atoms with Gasteiger partial charge in [-0.15, -0.1) is 0 Å². The molecule has 0 amide bonds. The molecule has 3 heterocycles. The van der Waals surface area contributed by atoms with Gasteiger partial charge in [0.05, 0.1) is 12.3 Å². The molecular weight excluding hydrogens is 477 g/mol. The molecule has 0 aliphatic carbocycles. The average Bonchev–Trinajstić information content (AvgIpc) is 2.94. The molecule has 5 nitrogen and oxygen atoms in total. The number of hydrogen-bond acceptors (Lipinski definition) is 5. The average molecular weight is 516 g/mol. The SMILES string of the molecule is CN1CCN(CC2CCN(c3ccc(C4c5ccc(O)cc5OCC4c4ccccc4)cc3F)CC2)CC1. The van der Waals surface area contributed by atoms with Crippen LogP contribution in [0.3, 0.4) is 0 Å². The predicted octanol–water partition coefficient (Wildman–Crippen LogP) is 5.30. The van der Waals surface area contributed by atoms with Crippen molar-refractivity contribution in [3.63, 3.8) is 0 Å². The number of fused-ring (bicyclic) bond motifs is 1. The molecule has 2 fully saturated rings. The zero-order valence-electron chi connectivity index (χ0n) is 22.2. The lowest BCUT2D eigenvalue weighted by Gasteiger charge is -2.39. The first-order chi connectivity index (χ1) is 18.5. The summed E-state index contributed by atoms with van der Waals surface area (Å²) in [7, 11) is 2.20. The summed E-state index contributed by atoms with van der Waals surface area (Å²) < 4.78 is 21.8. The number of phenols is 1. The molecular formula is C32H38FN3O2. The van der Waals surface area contributed by atoms with E-state index in [1.54, 1.807) is 18.2 Å². The molecule has 2 atom stereocenters. The van der Waals surface area contributed by atoms with Gasteiger partial charge < -0.3 is 24.5 Å². The van der Waals surface area contributed by atoms with Gasteiger partial charge in [0, 0.05) is 69.3 Å². The first-order valence-corrected chi connectivity index (χ1v) is 14.0. The fourth-order valence-electron chi connectivity index (χ4n) is 6.52. The fraction of sp³-hybridized carbons (Fsp3) is 0.438. The number of benzene rings is 3. The van der Waals surface area contributed by atoms with E-state index in [-0.39, 0.29) is 23.4 Å². The summed E-state index contributed by atoms with van der Waals surface area (Å²) in [5.41, 5.74) is 3.81. The van der Waals surface area contributed by atoms with E-state index in [9.17, 15) is 5.11 Å². The topological polar surface area (TPSA) is 39.2 Å². The van der Waals surface area contributed by atoms with Crippen molar-refractivity contribution in [1.29, 1.82) is 0 Å². The number of halogens is 1. The number of piperazine rings is 1. The zero-order chi connectivity index (χ0) is 26.1. The zero-order valence-corrected chi connectivity index (χ0v) is 22.2. The summed E-state index contributed by atoms with van der Waals surface area (Å²) in [5, 5.41) is 10.0. The Morgan fingerprint density at radius 1 is 0.868 bits per heavy atom. The van der Waals surface area contributed by atoms with Crippen LogP contribution in [0.5, 0.6) is 11.5 Å². The van der Waals surface area contributed by atoms with E-state index in [1.807, 2.05) is 30.3 Å². The quantitative estimate of drug-likeness (QED) is 0.499. The van der Waals surface area contributed by atoms with Crippen molar-refractivity contribution in [2.24, 2.45) is 5.92 Å². The molecule has 0 saturated carbocycles. The number of nitrogens with zero attached hydrogens (tertiary/aromatic N) is 3. The van der Waals surface area contributed by atoms with Crippen LogP contribution in [0.1, 0.15) is 41.4 Å². The van der Waals surface area contributed by atoms with Gasteiger partial charge in [-0.2, -0.15) is 0 Å². The van der Waals surface area contributed by atoms with E-state index >= 15 is 4.39 Å². The van der Waals surface area contributed by atoms with E-state index < -0.39 is 0 Å². The first kappa shape index (κ1) is 25.2. The summed E-state index contributed by atoms with van der Waals surface area (Å²) in [6.07, 6.45) is 2.22. The van der Waals surface area contributed by atoms with Gasteiger partial charge in [-0.3, -0.25) is 0 Å². The number of anilines is 1. The number of likely N-dealkylation sites (N-methyl/N-ethyl adjacent to an activating group) is 1. The Bertz CT molecular complexity index is 1240. The van der Waals surface area contributed by atoms with Crippen LogP contribution in [0.15, 0.2) is 66.7 Å². The highest BCUT2D eigenvalue weighted by atomic mass is 19.1. The summed E-state index contributed by atoms with van der Waals surface area (Å²) in [6, 6.07) is 21.4. The first-order valence-electron chi connectivity index (χ1n) is 14.0. The molecule has 6 heteroatoms. The largest absolute Gasteiger partial charge is 0.508 e. The number of phenolic OH excluding ortho intramolecular Hbond substituents is 1. The normalized spacial score (nSPS) is 23.2. The van der Waals surface area contributed by atoms with Gasteiger partial charge in [-0.05, 0) is 55.1 Å². The molecule has 0 bridgehead atoms. The summed E-state index contributed by atoms with van der Waals surface area (Å²) in [6.45, 7) is 8.08. The number of rotatable bonds is 5. The molecule has 0 spiro atoms. The van der Waals surface area contributed by atoms with Crippen molar-refractivity contribution in [3.8, 4) is 11.5 Å². The highest BCUT2D eigenvalue weighted by Crippen LogP contribution is 2.47. The Morgan fingerprint density at radius 2 is 1.63 bits per heavy atom. The fourth-order valence-corrected chi connectivity index (χ4v) is 6.52. The van der Waals surface area contributed by atoms with Crippen molar-refractivity contribution in [2.45, 2.75) is 24.7 Å². The van der Waals surface area contributed by atoms with Crippen LogP contribution in [-0.2, 0) is 0 Å². The third-order valence-electron chi connectivity index (χ3n) is 8.78. The smallest absolute Gasteiger partial charge is 0.146 e. The minimum absolute atomic E-state index is 0.0559. The monoisotopic (exact) mass is 515 g/mol. The molecule has 2 unspecified atom stereocenters. The van der Waals surface area contributed by atoms with Crippen LogP contribution in [0.4, 0.5) is 10.1 Å². The lowest BCUT2D eigenvalue weighted by molar-refractivity contribution is 0.129. The molecule has 3 aliphatic rings. The lowest BCUT2D eigenvalue weighted by atomic mass is 9.76. The van der Waals surface area contributed by atoms with Crippen LogP contribution in [0, 0.1) is 11.7 Å². The second-order valence-corrected chi connectivity index (χ2v) is 11.3. The molecule has 38 heavy (non-hydrogen) atoms. The van der Waals surface area contributed by atoms with Crippen molar-refractivity contribution < 1.29 is 14.2 Å². The van der Waals surface area contributed by atoms with Crippen LogP contribution in [0.2, 0.25) is 0 Å². The molecule has 200 valence electrons. The van der Waals surface area contributed by atoms with Gasteiger partial charge in [0.25, 0.3) is 0 Å². The molecule has 0 aromatic heterocycles. The van der Waals surface area contributed by atoms with Crippen LogP contribution >= 0.6 is 0 Å². The Hall–Kier alpha value is -3.09. The van der Waals surface area contributed by atoms with Crippen molar-refractivity contribution in [3.05, 3.63) is 89.2 Å². The molecule has 1 N–H and O–H groups in total. The second kappa shape index (κ2) is 11.0. The molecule has 6 rings (SSSR count). The van der Waals surface area contributed by atoms with Gasteiger partial charge in [0.2, 0.25) is 0 Å². The van der Waals surface area contributed by atoms with E-state index in [1.165, 1.54) is 12.1 Å². The van der Waals surface area contributed by atoms with Crippen LogP contribution in [0.25, 0.3) is 0 Å².